The number of alkyl halides is 6. The Kier molecular flexibility index (Phi) is 6.06. The monoisotopic (exact) mass is 397 g/mol. The van der Waals surface area contributed by atoms with E-state index in [1.54, 1.807) is 6.92 Å². The number of halogens is 6. The van der Waals surface area contributed by atoms with Crippen molar-refractivity contribution < 1.29 is 40.7 Å². The van der Waals surface area contributed by atoms with Crippen molar-refractivity contribution in [3.63, 3.8) is 0 Å². The van der Waals surface area contributed by atoms with E-state index in [0.717, 1.165) is 4.90 Å². The normalized spacial score (nSPS) is 14.8. The standard InChI is InChI=1S/C17H17F6NO3/c1-2-27-14(25)5-6-24(13-3-4-13)15(26)10-7-11(16(18,19)20)9-12(8-10)17(21,22)23/h7-9,13H,2-6H2,1H3. The van der Waals surface area contributed by atoms with Gasteiger partial charge in [0.15, 0.2) is 0 Å². The molecule has 1 amide bonds. The summed E-state index contributed by atoms with van der Waals surface area (Å²) in [6.45, 7) is 1.57. The second kappa shape index (κ2) is 7.77. The third kappa shape index (κ3) is 5.61. The molecule has 4 nitrogen and oxygen atoms in total. The molecule has 1 aromatic carbocycles. The molecule has 0 radical (unpaired) electrons. The molecule has 2 rings (SSSR count). The summed E-state index contributed by atoms with van der Waals surface area (Å²) in [5, 5.41) is 0. The Balaban J connectivity index is 2.33. The Morgan fingerprint density at radius 3 is 1.96 bits per heavy atom. The number of nitrogens with zero attached hydrogens (tertiary/aromatic N) is 1. The number of rotatable bonds is 6. The average Bonchev–Trinajstić information content (AvgIpc) is 3.38. The Morgan fingerprint density at radius 2 is 1.56 bits per heavy atom. The number of esters is 1. The molecule has 0 bridgehead atoms. The van der Waals surface area contributed by atoms with Crippen LogP contribution in [0.15, 0.2) is 18.2 Å². The molecule has 0 spiro atoms. The van der Waals surface area contributed by atoms with E-state index in [2.05, 4.69) is 0 Å². The lowest BCUT2D eigenvalue weighted by molar-refractivity contribution is -0.144. The van der Waals surface area contributed by atoms with Crippen LogP contribution in [-0.2, 0) is 21.9 Å². The fourth-order valence-electron chi connectivity index (χ4n) is 2.53. The molecule has 0 unspecified atom stereocenters. The van der Waals surface area contributed by atoms with E-state index in [1.807, 2.05) is 0 Å². The molecular formula is C17H17F6NO3. The number of carbonyl (C=O) groups is 2. The van der Waals surface area contributed by atoms with Crippen LogP contribution in [0.5, 0.6) is 0 Å². The molecule has 0 saturated heterocycles. The first-order valence-electron chi connectivity index (χ1n) is 8.19. The summed E-state index contributed by atoms with van der Waals surface area (Å²) < 4.78 is 82.5. The van der Waals surface area contributed by atoms with Gasteiger partial charge in [-0.1, -0.05) is 0 Å². The summed E-state index contributed by atoms with van der Waals surface area (Å²) in [6.07, 6.45) is -9.13. The maximum atomic E-state index is 13.0. The molecule has 1 aliphatic carbocycles. The molecule has 1 aliphatic rings. The van der Waals surface area contributed by atoms with E-state index in [1.165, 1.54) is 0 Å². The van der Waals surface area contributed by atoms with Crippen LogP contribution < -0.4 is 0 Å². The summed E-state index contributed by atoms with van der Waals surface area (Å²) in [6, 6.07) is 0.460. The van der Waals surface area contributed by atoms with Crippen LogP contribution in [0.3, 0.4) is 0 Å². The van der Waals surface area contributed by atoms with Gasteiger partial charge < -0.3 is 9.64 Å². The summed E-state index contributed by atoms with van der Waals surface area (Å²) >= 11 is 0. The lowest BCUT2D eigenvalue weighted by atomic mass is 10.0. The van der Waals surface area contributed by atoms with Crippen LogP contribution in [0.1, 0.15) is 47.7 Å². The van der Waals surface area contributed by atoms with Gasteiger partial charge >= 0.3 is 18.3 Å². The van der Waals surface area contributed by atoms with Crippen molar-refractivity contribution in [2.45, 2.75) is 44.6 Å². The molecule has 0 heterocycles. The second-order valence-electron chi connectivity index (χ2n) is 6.08. The molecule has 150 valence electrons. The van der Waals surface area contributed by atoms with Crippen LogP contribution in [0.2, 0.25) is 0 Å². The molecule has 0 atom stereocenters. The van der Waals surface area contributed by atoms with Gasteiger partial charge in [-0.15, -0.1) is 0 Å². The van der Waals surface area contributed by atoms with E-state index in [0.29, 0.717) is 25.0 Å². The molecule has 27 heavy (non-hydrogen) atoms. The largest absolute Gasteiger partial charge is 0.466 e. The summed E-state index contributed by atoms with van der Waals surface area (Å²) in [5.41, 5.74) is -3.82. The van der Waals surface area contributed by atoms with Crippen LogP contribution in [-0.4, -0.2) is 36.0 Å². The topological polar surface area (TPSA) is 46.6 Å². The highest BCUT2D eigenvalue weighted by Crippen LogP contribution is 2.37. The molecule has 0 aromatic heterocycles. The zero-order valence-corrected chi connectivity index (χ0v) is 14.3. The lowest BCUT2D eigenvalue weighted by Gasteiger charge is -2.23. The minimum atomic E-state index is -5.04. The molecule has 1 aromatic rings. The molecule has 0 aliphatic heterocycles. The smallest absolute Gasteiger partial charge is 0.416 e. The Labute approximate surface area is 151 Å². The van der Waals surface area contributed by atoms with Gasteiger partial charge in [0.25, 0.3) is 5.91 Å². The molecule has 1 saturated carbocycles. The van der Waals surface area contributed by atoms with Crippen molar-refractivity contribution in [1.29, 1.82) is 0 Å². The number of benzene rings is 1. The van der Waals surface area contributed by atoms with Gasteiger partial charge in [-0.3, -0.25) is 9.59 Å². The quantitative estimate of drug-likeness (QED) is 0.532. The molecule has 0 N–H and O–H groups in total. The number of hydrogen-bond donors (Lipinski definition) is 0. The van der Waals surface area contributed by atoms with Gasteiger partial charge in [-0.05, 0) is 38.0 Å². The van der Waals surface area contributed by atoms with Crippen LogP contribution in [0.25, 0.3) is 0 Å². The van der Waals surface area contributed by atoms with Crippen molar-refractivity contribution in [1.82, 2.24) is 4.90 Å². The minimum absolute atomic E-state index is 0.0309. The number of carbonyl (C=O) groups excluding carboxylic acids is 2. The first kappa shape index (κ1) is 21.0. The highest BCUT2D eigenvalue weighted by Gasteiger charge is 2.39. The Bertz CT molecular complexity index is 677. The van der Waals surface area contributed by atoms with Crippen LogP contribution in [0, 0.1) is 0 Å². The van der Waals surface area contributed by atoms with E-state index in [-0.39, 0.29) is 31.7 Å². The van der Waals surface area contributed by atoms with Gasteiger partial charge in [-0.2, -0.15) is 26.3 Å². The molecule has 1 fully saturated rings. The van der Waals surface area contributed by atoms with Crippen molar-refractivity contribution in [2.75, 3.05) is 13.2 Å². The highest BCUT2D eigenvalue weighted by molar-refractivity contribution is 5.95. The fraction of sp³-hybridized carbons (Fsp3) is 0.529. The first-order chi connectivity index (χ1) is 12.4. The second-order valence-corrected chi connectivity index (χ2v) is 6.08. The van der Waals surface area contributed by atoms with E-state index >= 15 is 0 Å². The summed E-state index contributed by atoms with van der Waals surface area (Å²) in [4.78, 5) is 25.2. The number of amides is 1. The van der Waals surface area contributed by atoms with Gasteiger partial charge in [-0.25, -0.2) is 0 Å². The van der Waals surface area contributed by atoms with Crippen LogP contribution >= 0.6 is 0 Å². The number of ether oxygens (including phenoxy) is 1. The van der Waals surface area contributed by atoms with Crippen molar-refractivity contribution >= 4 is 11.9 Å². The van der Waals surface area contributed by atoms with Crippen molar-refractivity contribution in [3.8, 4) is 0 Å². The third-order valence-electron chi connectivity index (χ3n) is 3.95. The lowest BCUT2D eigenvalue weighted by Crippen LogP contribution is -2.35. The predicted octanol–water partition coefficient (Wildman–Crippen LogP) is 4.28. The third-order valence-corrected chi connectivity index (χ3v) is 3.95. The predicted molar refractivity (Wildman–Crippen MR) is 81.8 cm³/mol. The van der Waals surface area contributed by atoms with E-state index in [4.69, 9.17) is 4.74 Å². The highest BCUT2D eigenvalue weighted by atomic mass is 19.4. The minimum Gasteiger partial charge on any atom is -0.466 e. The van der Waals surface area contributed by atoms with Crippen LogP contribution in [0.4, 0.5) is 26.3 Å². The van der Waals surface area contributed by atoms with Crippen molar-refractivity contribution in [2.24, 2.45) is 0 Å². The SMILES string of the molecule is CCOC(=O)CCN(C(=O)c1cc(C(F)(F)F)cc(C(F)(F)F)c1)C1CC1. The maximum absolute atomic E-state index is 13.0. The van der Waals surface area contributed by atoms with Gasteiger partial charge in [0.2, 0.25) is 0 Å². The fourth-order valence-corrected chi connectivity index (χ4v) is 2.53. The summed E-state index contributed by atoms with van der Waals surface area (Å²) in [7, 11) is 0. The van der Waals surface area contributed by atoms with Gasteiger partial charge in [0.1, 0.15) is 0 Å². The zero-order valence-electron chi connectivity index (χ0n) is 14.3. The average molecular weight is 397 g/mol. The zero-order chi connectivity index (χ0) is 20.4. The van der Waals surface area contributed by atoms with Gasteiger partial charge in [0, 0.05) is 18.2 Å². The Hall–Kier alpha value is -2.26. The van der Waals surface area contributed by atoms with E-state index < -0.39 is 40.9 Å². The van der Waals surface area contributed by atoms with Crippen molar-refractivity contribution in [3.05, 3.63) is 34.9 Å². The molecular weight excluding hydrogens is 380 g/mol. The van der Waals surface area contributed by atoms with E-state index in [9.17, 15) is 35.9 Å². The first-order valence-corrected chi connectivity index (χ1v) is 8.19. The number of hydrogen-bond acceptors (Lipinski definition) is 3. The maximum Gasteiger partial charge on any atom is 0.416 e. The molecule has 10 heteroatoms. The summed E-state index contributed by atoms with van der Waals surface area (Å²) in [5.74, 6) is -1.57. The van der Waals surface area contributed by atoms with Gasteiger partial charge in [0.05, 0.1) is 24.2 Å². The Morgan fingerprint density at radius 1 is 1.04 bits per heavy atom.